The van der Waals surface area contributed by atoms with E-state index in [0.717, 1.165) is 51.3 Å². The lowest BCUT2D eigenvalue weighted by Crippen LogP contribution is -2.36. The third-order valence-corrected chi connectivity index (χ3v) is 7.45. The van der Waals surface area contributed by atoms with E-state index in [-0.39, 0.29) is 10.8 Å². The molecular weight excluding hydrogens is 402 g/mol. The molecule has 0 unspecified atom stereocenters. The number of hydrogen-bond acceptors (Lipinski definition) is 5. The lowest BCUT2D eigenvalue weighted by molar-refractivity contribution is 0.102. The first-order chi connectivity index (χ1) is 14.5. The molecule has 1 N–H and O–H groups in total. The van der Waals surface area contributed by atoms with E-state index < -0.39 is 10.0 Å². The molecule has 7 nitrogen and oxygen atoms in total. The molecule has 1 amide bonds. The van der Waals surface area contributed by atoms with Crippen molar-refractivity contribution in [2.24, 2.45) is 0 Å². The van der Waals surface area contributed by atoms with Crippen molar-refractivity contribution >= 4 is 27.3 Å². The summed E-state index contributed by atoms with van der Waals surface area (Å²) in [6.45, 7) is 4.21. The Morgan fingerprint density at radius 2 is 1.60 bits per heavy atom. The van der Waals surface area contributed by atoms with Crippen molar-refractivity contribution in [1.29, 1.82) is 0 Å². The fraction of sp³-hybridized carbons (Fsp3) is 0.409. The van der Waals surface area contributed by atoms with Gasteiger partial charge in [0.2, 0.25) is 10.0 Å². The zero-order chi connectivity index (χ0) is 21.0. The summed E-state index contributed by atoms with van der Waals surface area (Å²) in [6.07, 6.45) is 2.80. The number of sulfonamides is 1. The van der Waals surface area contributed by atoms with Gasteiger partial charge in [-0.05, 0) is 55.3 Å². The average Bonchev–Trinajstić information content (AvgIpc) is 2.81. The molecule has 2 fully saturated rings. The number of anilines is 2. The monoisotopic (exact) mass is 429 g/mol. The summed E-state index contributed by atoms with van der Waals surface area (Å²) in [5.74, 6) is -0.329. The van der Waals surface area contributed by atoms with Gasteiger partial charge in [0, 0.05) is 43.1 Å². The molecule has 2 aliphatic heterocycles. The second-order valence-electron chi connectivity index (χ2n) is 7.59. The minimum absolute atomic E-state index is 0.166. The number of nitrogens with zero attached hydrogens (tertiary/aromatic N) is 2. The van der Waals surface area contributed by atoms with E-state index in [1.807, 2.05) is 24.3 Å². The zero-order valence-electron chi connectivity index (χ0n) is 16.9. The van der Waals surface area contributed by atoms with Crippen molar-refractivity contribution in [2.75, 3.05) is 49.6 Å². The summed E-state index contributed by atoms with van der Waals surface area (Å²) >= 11 is 0. The highest BCUT2D eigenvalue weighted by Crippen LogP contribution is 2.23. The fourth-order valence-electron chi connectivity index (χ4n) is 3.83. The lowest BCUT2D eigenvalue weighted by atomic mass is 10.2. The molecule has 8 heteroatoms. The first-order valence-corrected chi connectivity index (χ1v) is 11.8. The third-order valence-electron chi connectivity index (χ3n) is 5.55. The third kappa shape index (κ3) is 4.66. The lowest BCUT2D eigenvalue weighted by Gasteiger charge is -2.28. The SMILES string of the molecule is O=C(Nc1ccc(N2CCOCC2)cc1)c1cccc(S(=O)(=O)N2CCCCC2)c1. The van der Waals surface area contributed by atoms with Gasteiger partial charge in [0.15, 0.2) is 0 Å². The molecule has 0 radical (unpaired) electrons. The van der Waals surface area contributed by atoms with Crippen LogP contribution in [0.2, 0.25) is 0 Å². The van der Waals surface area contributed by atoms with Gasteiger partial charge in [-0.2, -0.15) is 4.31 Å². The summed E-state index contributed by atoms with van der Waals surface area (Å²) in [5.41, 5.74) is 2.08. The van der Waals surface area contributed by atoms with E-state index in [4.69, 9.17) is 4.74 Å². The Kier molecular flexibility index (Phi) is 6.36. The van der Waals surface area contributed by atoms with Crippen LogP contribution in [0.5, 0.6) is 0 Å². The Hall–Kier alpha value is -2.42. The molecule has 2 aromatic rings. The Labute approximate surface area is 177 Å². The minimum atomic E-state index is -3.57. The van der Waals surface area contributed by atoms with Crippen molar-refractivity contribution in [1.82, 2.24) is 4.31 Å². The van der Waals surface area contributed by atoms with Crippen LogP contribution < -0.4 is 10.2 Å². The molecule has 0 bridgehead atoms. The van der Waals surface area contributed by atoms with Gasteiger partial charge in [0.25, 0.3) is 5.91 Å². The zero-order valence-corrected chi connectivity index (χ0v) is 17.7. The Morgan fingerprint density at radius 1 is 0.900 bits per heavy atom. The summed E-state index contributed by atoms with van der Waals surface area (Å²) in [7, 11) is -3.57. The standard InChI is InChI=1S/C22H27N3O4S/c26-22(23-19-7-9-20(10-8-19)24-13-15-29-16-14-24)18-5-4-6-21(17-18)30(27,28)25-11-2-1-3-12-25/h4-10,17H,1-3,11-16H2,(H,23,26). The molecule has 0 saturated carbocycles. The number of ether oxygens (including phenoxy) is 1. The highest BCUT2D eigenvalue weighted by Gasteiger charge is 2.26. The summed E-state index contributed by atoms with van der Waals surface area (Å²) in [6, 6.07) is 13.9. The van der Waals surface area contributed by atoms with Crippen LogP contribution >= 0.6 is 0 Å². The van der Waals surface area contributed by atoms with Crippen LogP contribution in [-0.2, 0) is 14.8 Å². The van der Waals surface area contributed by atoms with Crippen molar-refractivity contribution in [2.45, 2.75) is 24.2 Å². The molecule has 0 atom stereocenters. The topological polar surface area (TPSA) is 79.0 Å². The van der Waals surface area contributed by atoms with Crippen LogP contribution in [-0.4, -0.2) is 58.0 Å². The number of amides is 1. The van der Waals surface area contributed by atoms with Crippen molar-refractivity contribution < 1.29 is 17.9 Å². The van der Waals surface area contributed by atoms with Crippen LogP contribution in [0.25, 0.3) is 0 Å². The van der Waals surface area contributed by atoms with Gasteiger partial charge in [-0.15, -0.1) is 0 Å². The van der Waals surface area contributed by atoms with E-state index >= 15 is 0 Å². The number of carbonyl (C=O) groups excluding carboxylic acids is 1. The molecule has 0 aromatic heterocycles. The largest absolute Gasteiger partial charge is 0.378 e. The van der Waals surface area contributed by atoms with Crippen molar-refractivity contribution in [3.05, 3.63) is 54.1 Å². The minimum Gasteiger partial charge on any atom is -0.378 e. The molecule has 160 valence electrons. The predicted molar refractivity (Wildman–Crippen MR) is 116 cm³/mol. The molecule has 2 heterocycles. The number of hydrogen-bond donors (Lipinski definition) is 1. The normalized spacial score (nSPS) is 18.2. The highest BCUT2D eigenvalue weighted by atomic mass is 32.2. The Morgan fingerprint density at radius 3 is 2.30 bits per heavy atom. The van der Waals surface area contributed by atoms with E-state index in [1.165, 1.54) is 10.4 Å². The van der Waals surface area contributed by atoms with Gasteiger partial charge in [0.1, 0.15) is 0 Å². The number of benzene rings is 2. The van der Waals surface area contributed by atoms with Gasteiger partial charge in [-0.25, -0.2) is 8.42 Å². The maximum atomic E-state index is 12.9. The van der Waals surface area contributed by atoms with Gasteiger partial charge < -0.3 is 15.0 Å². The van der Waals surface area contributed by atoms with Crippen LogP contribution in [0.1, 0.15) is 29.6 Å². The molecule has 2 saturated heterocycles. The van der Waals surface area contributed by atoms with Crippen molar-refractivity contribution in [3.63, 3.8) is 0 Å². The van der Waals surface area contributed by atoms with Crippen LogP contribution in [0, 0.1) is 0 Å². The van der Waals surface area contributed by atoms with E-state index in [2.05, 4.69) is 10.2 Å². The number of piperidine rings is 1. The molecule has 0 spiro atoms. The van der Waals surface area contributed by atoms with Crippen LogP contribution in [0.3, 0.4) is 0 Å². The number of rotatable bonds is 5. The summed E-state index contributed by atoms with van der Waals surface area (Å²) < 4.78 is 32.7. The van der Waals surface area contributed by atoms with E-state index in [1.54, 1.807) is 18.2 Å². The Bertz CT molecular complexity index is 980. The first kappa shape index (κ1) is 20.8. The number of nitrogens with one attached hydrogen (secondary N) is 1. The maximum Gasteiger partial charge on any atom is 0.255 e. The average molecular weight is 430 g/mol. The number of carbonyl (C=O) groups is 1. The molecule has 0 aliphatic carbocycles. The summed E-state index contributed by atoms with van der Waals surface area (Å²) in [5, 5.41) is 2.86. The second-order valence-corrected chi connectivity index (χ2v) is 9.53. The molecule has 4 rings (SSSR count). The quantitative estimate of drug-likeness (QED) is 0.791. The predicted octanol–water partition coefficient (Wildman–Crippen LogP) is 2.95. The maximum absolute atomic E-state index is 12.9. The molecule has 2 aromatic carbocycles. The molecule has 2 aliphatic rings. The molecule has 30 heavy (non-hydrogen) atoms. The van der Waals surface area contributed by atoms with E-state index in [9.17, 15) is 13.2 Å². The number of morpholine rings is 1. The highest BCUT2D eigenvalue weighted by molar-refractivity contribution is 7.89. The fourth-order valence-corrected chi connectivity index (χ4v) is 5.40. The second kappa shape index (κ2) is 9.16. The smallest absolute Gasteiger partial charge is 0.255 e. The summed E-state index contributed by atoms with van der Waals surface area (Å²) in [4.78, 5) is 15.1. The van der Waals surface area contributed by atoms with Crippen molar-refractivity contribution in [3.8, 4) is 0 Å². The molecular formula is C22H27N3O4S. The van der Waals surface area contributed by atoms with Gasteiger partial charge >= 0.3 is 0 Å². The van der Waals surface area contributed by atoms with Gasteiger partial charge in [-0.3, -0.25) is 4.79 Å². The van der Waals surface area contributed by atoms with E-state index in [0.29, 0.717) is 24.3 Å². The van der Waals surface area contributed by atoms with Gasteiger partial charge in [0.05, 0.1) is 18.1 Å². The van der Waals surface area contributed by atoms with Gasteiger partial charge in [-0.1, -0.05) is 12.5 Å². The van der Waals surface area contributed by atoms with Crippen LogP contribution in [0.15, 0.2) is 53.4 Å². The van der Waals surface area contributed by atoms with Crippen LogP contribution in [0.4, 0.5) is 11.4 Å². The Balaban J connectivity index is 1.45. The first-order valence-electron chi connectivity index (χ1n) is 10.4.